The highest BCUT2D eigenvalue weighted by Gasteiger charge is 2.20. The monoisotopic (exact) mass is 270 g/mol. The van der Waals surface area contributed by atoms with Gasteiger partial charge in [-0.15, -0.1) is 0 Å². The summed E-state index contributed by atoms with van der Waals surface area (Å²) in [6.07, 6.45) is 2.49. The fraction of sp³-hybridized carbons (Fsp3) is 0.938. The summed E-state index contributed by atoms with van der Waals surface area (Å²) in [4.78, 5) is 11.9. The van der Waals surface area contributed by atoms with Crippen LogP contribution in [0.5, 0.6) is 0 Å². The van der Waals surface area contributed by atoms with Gasteiger partial charge in [0.25, 0.3) is 0 Å². The predicted octanol–water partition coefficient (Wildman–Crippen LogP) is 3.19. The van der Waals surface area contributed by atoms with E-state index < -0.39 is 0 Å². The minimum Gasteiger partial charge on any atom is -0.356 e. The van der Waals surface area contributed by atoms with Crippen molar-refractivity contribution in [2.45, 2.75) is 60.8 Å². The van der Waals surface area contributed by atoms with Gasteiger partial charge in [-0.05, 0) is 42.6 Å². The second kappa shape index (κ2) is 8.57. The van der Waals surface area contributed by atoms with Crippen molar-refractivity contribution in [3.63, 3.8) is 0 Å². The van der Waals surface area contributed by atoms with Crippen molar-refractivity contribution < 1.29 is 4.79 Å². The SMILES string of the molecule is CC(C)C(CNC(=O)CCC(C)(C)CCN)C(C)C. The van der Waals surface area contributed by atoms with E-state index in [9.17, 15) is 4.79 Å². The highest BCUT2D eigenvalue weighted by atomic mass is 16.1. The Balaban J connectivity index is 4.05. The van der Waals surface area contributed by atoms with E-state index in [1.54, 1.807) is 0 Å². The maximum Gasteiger partial charge on any atom is 0.220 e. The van der Waals surface area contributed by atoms with Gasteiger partial charge in [0.05, 0.1) is 0 Å². The quantitative estimate of drug-likeness (QED) is 0.676. The number of carbonyl (C=O) groups excluding carboxylic acids is 1. The van der Waals surface area contributed by atoms with Crippen molar-refractivity contribution in [2.24, 2.45) is 28.9 Å². The van der Waals surface area contributed by atoms with Crippen molar-refractivity contribution in [3.8, 4) is 0 Å². The van der Waals surface area contributed by atoms with Gasteiger partial charge in [0.15, 0.2) is 0 Å². The average Bonchev–Trinajstić information content (AvgIpc) is 2.25. The number of hydrogen-bond donors (Lipinski definition) is 2. The van der Waals surface area contributed by atoms with E-state index in [-0.39, 0.29) is 11.3 Å². The average molecular weight is 270 g/mol. The van der Waals surface area contributed by atoms with E-state index >= 15 is 0 Å². The van der Waals surface area contributed by atoms with Crippen LogP contribution in [-0.4, -0.2) is 19.0 Å². The molecule has 0 aromatic heterocycles. The third-order valence-corrected chi connectivity index (χ3v) is 4.10. The largest absolute Gasteiger partial charge is 0.356 e. The van der Waals surface area contributed by atoms with Gasteiger partial charge in [0, 0.05) is 13.0 Å². The number of hydrogen-bond acceptors (Lipinski definition) is 2. The van der Waals surface area contributed by atoms with Crippen LogP contribution in [0.4, 0.5) is 0 Å². The van der Waals surface area contributed by atoms with Crippen molar-refractivity contribution in [3.05, 3.63) is 0 Å². The normalized spacial score (nSPS) is 12.5. The van der Waals surface area contributed by atoms with Crippen LogP contribution in [-0.2, 0) is 4.79 Å². The Labute approximate surface area is 119 Å². The molecule has 0 fully saturated rings. The van der Waals surface area contributed by atoms with Crippen LogP contribution in [0, 0.1) is 23.2 Å². The van der Waals surface area contributed by atoms with Gasteiger partial charge in [0.2, 0.25) is 5.91 Å². The van der Waals surface area contributed by atoms with Crippen molar-refractivity contribution >= 4 is 5.91 Å². The lowest BCUT2D eigenvalue weighted by molar-refractivity contribution is -0.122. The van der Waals surface area contributed by atoms with Gasteiger partial charge in [-0.2, -0.15) is 0 Å². The fourth-order valence-corrected chi connectivity index (χ4v) is 2.53. The Morgan fingerprint density at radius 1 is 1.11 bits per heavy atom. The molecule has 3 N–H and O–H groups in total. The second-order valence-electron chi connectivity index (χ2n) is 7.16. The summed E-state index contributed by atoms with van der Waals surface area (Å²) in [5.74, 6) is 1.94. The molecular formula is C16H34N2O. The molecule has 0 saturated heterocycles. The number of nitrogens with two attached hydrogens (primary N) is 1. The molecule has 1 amide bonds. The van der Waals surface area contributed by atoms with E-state index in [1.165, 1.54) is 0 Å². The molecule has 0 aromatic rings. The molecule has 0 aliphatic rings. The Morgan fingerprint density at radius 2 is 1.63 bits per heavy atom. The summed E-state index contributed by atoms with van der Waals surface area (Å²) in [6, 6.07) is 0. The molecule has 0 aliphatic carbocycles. The summed E-state index contributed by atoms with van der Waals surface area (Å²) in [6.45, 7) is 14.7. The Bertz CT molecular complexity index is 251. The molecule has 0 rings (SSSR count). The van der Waals surface area contributed by atoms with E-state index in [1.807, 2.05) is 0 Å². The lowest BCUT2D eigenvalue weighted by Gasteiger charge is -2.26. The molecule has 0 spiro atoms. The number of carbonyl (C=O) groups is 1. The fourth-order valence-electron chi connectivity index (χ4n) is 2.53. The number of rotatable bonds is 9. The van der Waals surface area contributed by atoms with E-state index in [4.69, 9.17) is 5.73 Å². The molecule has 0 bridgehead atoms. The lowest BCUT2D eigenvalue weighted by atomic mass is 9.84. The van der Waals surface area contributed by atoms with Gasteiger partial charge in [-0.3, -0.25) is 4.79 Å². The van der Waals surface area contributed by atoms with Crippen LogP contribution >= 0.6 is 0 Å². The standard InChI is InChI=1S/C16H34N2O/c1-12(2)14(13(3)4)11-18-15(19)7-8-16(5,6)9-10-17/h12-14H,7-11,17H2,1-6H3,(H,18,19). The van der Waals surface area contributed by atoms with Crippen LogP contribution < -0.4 is 11.1 Å². The first-order valence-corrected chi connectivity index (χ1v) is 7.66. The molecule has 0 aromatic carbocycles. The Morgan fingerprint density at radius 3 is 2.05 bits per heavy atom. The van der Waals surface area contributed by atoms with Gasteiger partial charge >= 0.3 is 0 Å². The third-order valence-electron chi connectivity index (χ3n) is 4.10. The summed E-state index contributed by atoms with van der Waals surface area (Å²) >= 11 is 0. The maximum absolute atomic E-state index is 11.9. The van der Waals surface area contributed by atoms with Crippen molar-refractivity contribution in [2.75, 3.05) is 13.1 Å². The molecule has 3 nitrogen and oxygen atoms in total. The van der Waals surface area contributed by atoms with Crippen LogP contribution in [0.1, 0.15) is 60.8 Å². The van der Waals surface area contributed by atoms with Gasteiger partial charge in [-0.1, -0.05) is 41.5 Å². The van der Waals surface area contributed by atoms with Crippen LogP contribution in [0.3, 0.4) is 0 Å². The highest BCUT2D eigenvalue weighted by molar-refractivity contribution is 5.75. The predicted molar refractivity (Wildman–Crippen MR) is 82.9 cm³/mol. The summed E-state index contributed by atoms with van der Waals surface area (Å²) < 4.78 is 0. The van der Waals surface area contributed by atoms with Gasteiger partial charge < -0.3 is 11.1 Å². The molecule has 3 heteroatoms. The topological polar surface area (TPSA) is 55.1 Å². The smallest absolute Gasteiger partial charge is 0.220 e. The summed E-state index contributed by atoms with van der Waals surface area (Å²) in [5.41, 5.74) is 5.75. The van der Waals surface area contributed by atoms with E-state index in [0.29, 0.717) is 30.7 Å². The first-order chi connectivity index (χ1) is 8.69. The van der Waals surface area contributed by atoms with E-state index in [2.05, 4.69) is 46.9 Å². The van der Waals surface area contributed by atoms with Crippen LogP contribution in [0.15, 0.2) is 0 Å². The Kier molecular flexibility index (Phi) is 8.31. The van der Waals surface area contributed by atoms with Crippen LogP contribution in [0.25, 0.3) is 0 Å². The molecule has 0 atom stereocenters. The summed E-state index contributed by atoms with van der Waals surface area (Å²) in [7, 11) is 0. The second-order valence-corrected chi connectivity index (χ2v) is 7.16. The molecule has 19 heavy (non-hydrogen) atoms. The highest BCUT2D eigenvalue weighted by Crippen LogP contribution is 2.26. The van der Waals surface area contributed by atoms with Gasteiger partial charge in [0.1, 0.15) is 0 Å². The first kappa shape index (κ1) is 18.4. The zero-order chi connectivity index (χ0) is 15.1. The molecule has 0 radical (unpaired) electrons. The molecule has 114 valence electrons. The Hall–Kier alpha value is -0.570. The van der Waals surface area contributed by atoms with Gasteiger partial charge in [-0.25, -0.2) is 0 Å². The minimum absolute atomic E-state index is 0.168. The number of nitrogens with one attached hydrogen (secondary N) is 1. The van der Waals surface area contributed by atoms with E-state index in [0.717, 1.165) is 19.4 Å². The van der Waals surface area contributed by atoms with Crippen molar-refractivity contribution in [1.29, 1.82) is 0 Å². The van der Waals surface area contributed by atoms with Crippen LogP contribution in [0.2, 0.25) is 0 Å². The zero-order valence-electron chi connectivity index (χ0n) is 13.8. The molecule has 0 unspecified atom stereocenters. The third kappa shape index (κ3) is 8.25. The lowest BCUT2D eigenvalue weighted by Crippen LogP contribution is -2.34. The molecule has 0 aliphatic heterocycles. The van der Waals surface area contributed by atoms with Crippen molar-refractivity contribution in [1.82, 2.24) is 5.32 Å². The minimum atomic E-state index is 0.168. The first-order valence-electron chi connectivity index (χ1n) is 7.66. The maximum atomic E-state index is 11.9. The zero-order valence-corrected chi connectivity index (χ0v) is 13.8. The molecule has 0 saturated carbocycles. The number of amides is 1. The molecular weight excluding hydrogens is 236 g/mol. The molecule has 0 heterocycles. The summed E-state index contributed by atoms with van der Waals surface area (Å²) in [5, 5.41) is 3.09.